The molecule has 34 heavy (non-hydrogen) atoms. The molecule has 0 saturated carbocycles. The summed E-state index contributed by atoms with van der Waals surface area (Å²) in [4.78, 5) is 53.4. The van der Waals surface area contributed by atoms with Gasteiger partial charge in [0.05, 0.1) is 11.8 Å². The second-order valence-electron chi connectivity index (χ2n) is 9.44. The van der Waals surface area contributed by atoms with Crippen molar-refractivity contribution in [1.82, 2.24) is 10.2 Å². The molecule has 1 spiro atoms. The minimum absolute atomic E-state index is 0.150. The van der Waals surface area contributed by atoms with Gasteiger partial charge in [-0.15, -0.1) is 0 Å². The second-order valence-corrected chi connectivity index (χ2v) is 9.44. The van der Waals surface area contributed by atoms with Gasteiger partial charge in [-0.2, -0.15) is 0 Å². The molecule has 0 unspecified atom stereocenters. The van der Waals surface area contributed by atoms with E-state index >= 15 is 0 Å². The van der Waals surface area contributed by atoms with E-state index in [1.165, 1.54) is 4.90 Å². The zero-order valence-corrected chi connectivity index (χ0v) is 19.1. The number of likely N-dealkylation sites (tertiary alicyclic amines) is 1. The number of aliphatic carboxylic acids is 1. The number of benzene rings is 2. The van der Waals surface area contributed by atoms with Crippen molar-refractivity contribution < 1.29 is 24.3 Å². The minimum atomic E-state index is -1.39. The average Bonchev–Trinajstić information content (AvgIpc) is 3.39. The van der Waals surface area contributed by atoms with Crippen molar-refractivity contribution in [2.24, 2.45) is 11.8 Å². The van der Waals surface area contributed by atoms with Crippen molar-refractivity contribution >= 4 is 29.4 Å². The fraction of sp³-hybridized carbons (Fsp3) is 0.385. The Bertz CT molecular complexity index is 1210. The Morgan fingerprint density at radius 2 is 1.79 bits per heavy atom. The van der Waals surface area contributed by atoms with Gasteiger partial charge in [-0.3, -0.25) is 29.4 Å². The van der Waals surface area contributed by atoms with Gasteiger partial charge in [0.2, 0.25) is 17.7 Å². The highest BCUT2D eigenvalue weighted by Gasteiger charge is 2.70. The maximum absolute atomic E-state index is 13.7. The first-order valence-electron chi connectivity index (χ1n) is 11.6. The molecule has 3 amide bonds. The predicted molar refractivity (Wildman–Crippen MR) is 124 cm³/mol. The van der Waals surface area contributed by atoms with Gasteiger partial charge in [0.15, 0.2) is 0 Å². The van der Waals surface area contributed by atoms with Crippen LogP contribution in [0.15, 0.2) is 42.5 Å². The number of carboxylic acid groups (broad SMARTS) is 1. The lowest BCUT2D eigenvalue weighted by molar-refractivity contribution is -0.143. The number of hydrogen-bond acceptors (Lipinski definition) is 5. The first-order valence-corrected chi connectivity index (χ1v) is 11.6. The van der Waals surface area contributed by atoms with Crippen molar-refractivity contribution in [3.05, 3.63) is 64.7 Å². The molecule has 2 aromatic carbocycles. The zero-order valence-electron chi connectivity index (χ0n) is 19.1. The lowest BCUT2D eigenvalue weighted by Crippen LogP contribution is -2.53. The van der Waals surface area contributed by atoms with Crippen LogP contribution in [0.25, 0.3) is 0 Å². The second kappa shape index (κ2) is 8.06. The molecule has 2 aromatic rings. The lowest BCUT2D eigenvalue weighted by Gasteiger charge is -2.29. The summed E-state index contributed by atoms with van der Waals surface area (Å²) in [5.41, 5.74) is 2.85. The number of rotatable bonds is 6. The van der Waals surface area contributed by atoms with E-state index in [9.17, 15) is 24.3 Å². The van der Waals surface area contributed by atoms with Crippen LogP contribution in [0.1, 0.15) is 35.1 Å². The summed E-state index contributed by atoms with van der Waals surface area (Å²) >= 11 is 0. The van der Waals surface area contributed by atoms with Gasteiger partial charge in [0.25, 0.3) is 0 Å². The van der Waals surface area contributed by atoms with Crippen molar-refractivity contribution in [2.75, 3.05) is 11.9 Å². The van der Waals surface area contributed by atoms with Crippen LogP contribution in [0.4, 0.5) is 5.69 Å². The van der Waals surface area contributed by atoms with Crippen LogP contribution >= 0.6 is 0 Å². The van der Waals surface area contributed by atoms with Gasteiger partial charge < -0.3 is 10.4 Å². The van der Waals surface area contributed by atoms with Crippen LogP contribution in [0, 0.1) is 25.7 Å². The van der Waals surface area contributed by atoms with Crippen molar-refractivity contribution in [2.45, 2.75) is 44.7 Å². The fourth-order valence-electron chi connectivity index (χ4n) is 5.81. The highest BCUT2D eigenvalue weighted by atomic mass is 16.4. The molecule has 0 aromatic heterocycles. The van der Waals surface area contributed by atoms with E-state index in [0.717, 1.165) is 16.7 Å². The molecular weight excluding hydrogens is 434 g/mol. The van der Waals surface area contributed by atoms with Crippen LogP contribution in [0.5, 0.6) is 0 Å². The number of hydrogen-bond donors (Lipinski definition) is 3. The third-order valence-corrected chi connectivity index (χ3v) is 7.65. The minimum Gasteiger partial charge on any atom is -0.481 e. The summed E-state index contributed by atoms with van der Waals surface area (Å²) in [6.45, 7) is 4.08. The molecular formula is C26H27N3O5. The quantitative estimate of drug-likeness (QED) is 0.568. The summed E-state index contributed by atoms with van der Waals surface area (Å²) < 4.78 is 0. The summed E-state index contributed by atoms with van der Waals surface area (Å²) in [5, 5.41) is 15.5. The predicted octanol–water partition coefficient (Wildman–Crippen LogP) is 2.13. The molecule has 8 nitrogen and oxygen atoms in total. The van der Waals surface area contributed by atoms with Gasteiger partial charge in [-0.25, -0.2) is 0 Å². The molecule has 0 bridgehead atoms. The van der Waals surface area contributed by atoms with E-state index in [4.69, 9.17) is 0 Å². The monoisotopic (exact) mass is 461 g/mol. The molecule has 3 aliphatic heterocycles. The Kier molecular flexibility index (Phi) is 5.28. The number of fused-ring (bicyclic) bond motifs is 4. The Morgan fingerprint density at radius 3 is 2.50 bits per heavy atom. The molecule has 4 atom stereocenters. The number of nitrogens with zero attached hydrogens (tertiary/aromatic N) is 1. The number of amides is 3. The Balaban J connectivity index is 1.55. The van der Waals surface area contributed by atoms with E-state index in [-0.39, 0.29) is 37.1 Å². The maximum atomic E-state index is 13.7. The largest absolute Gasteiger partial charge is 0.481 e. The van der Waals surface area contributed by atoms with E-state index < -0.39 is 29.4 Å². The van der Waals surface area contributed by atoms with Gasteiger partial charge in [-0.1, -0.05) is 42.5 Å². The molecule has 2 fully saturated rings. The molecule has 0 aliphatic carbocycles. The number of nitrogens with one attached hydrogen (secondary N) is 2. The molecule has 3 aliphatic rings. The summed E-state index contributed by atoms with van der Waals surface area (Å²) in [6.07, 6.45) is 0.500. The summed E-state index contributed by atoms with van der Waals surface area (Å²) in [5.74, 6) is -3.78. The molecule has 5 rings (SSSR count). The van der Waals surface area contributed by atoms with Crippen molar-refractivity contribution in [3.63, 3.8) is 0 Å². The first kappa shape index (κ1) is 22.3. The standard InChI is InChI=1S/C26H27N3O5/c1-14-8-9-17-22(15(14)2)27-25(34)26(17)21-20(18(28-26)10-11-19(30)31)23(32)29(24(21)33)13-12-16-6-4-3-5-7-16/h3-9,18,20-21,28H,10-13H2,1-2H3,(H,27,34)(H,30,31)/t18-,20-,21+,26-/m1/s1. The van der Waals surface area contributed by atoms with Gasteiger partial charge in [0, 0.05) is 30.3 Å². The van der Waals surface area contributed by atoms with E-state index in [0.29, 0.717) is 17.7 Å². The Hall–Kier alpha value is -3.52. The van der Waals surface area contributed by atoms with Gasteiger partial charge in [-0.05, 0) is 43.4 Å². The van der Waals surface area contributed by atoms with Crippen LogP contribution in [0.2, 0.25) is 0 Å². The molecule has 8 heteroatoms. The van der Waals surface area contributed by atoms with E-state index in [1.54, 1.807) is 0 Å². The third-order valence-electron chi connectivity index (χ3n) is 7.65. The summed E-state index contributed by atoms with van der Waals surface area (Å²) in [6, 6.07) is 12.7. The fourth-order valence-corrected chi connectivity index (χ4v) is 5.81. The van der Waals surface area contributed by atoms with Gasteiger partial charge in [0.1, 0.15) is 5.54 Å². The van der Waals surface area contributed by atoms with E-state index in [2.05, 4.69) is 10.6 Å². The number of carbonyl (C=O) groups excluding carboxylic acids is 3. The van der Waals surface area contributed by atoms with Gasteiger partial charge >= 0.3 is 5.97 Å². The molecule has 3 N–H and O–H groups in total. The highest BCUT2D eigenvalue weighted by molar-refractivity contribution is 6.15. The van der Waals surface area contributed by atoms with Crippen LogP contribution in [0.3, 0.4) is 0 Å². The maximum Gasteiger partial charge on any atom is 0.303 e. The van der Waals surface area contributed by atoms with E-state index in [1.807, 2.05) is 56.3 Å². The third kappa shape index (κ3) is 3.16. The average molecular weight is 462 g/mol. The normalized spacial score (nSPS) is 27.3. The number of anilines is 1. The molecule has 176 valence electrons. The van der Waals surface area contributed by atoms with Crippen molar-refractivity contribution in [1.29, 1.82) is 0 Å². The highest BCUT2D eigenvalue weighted by Crippen LogP contribution is 2.54. The SMILES string of the molecule is Cc1ccc2c(c1C)NC(=O)[C@@]21N[C@H](CCC(=O)O)[C@H]2C(=O)N(CCc3ccccc3)C(=O)[C@H]21. The smallest absolute Gasteiger partial charge is 0.303 e. The first-order chi connectivity index (χ1) is 16.3. The number of aryl methyl sites for hydroxylation is 1. The number of carboxylic acids is 1. The molecule has 0 radical (unpaired) electrons. The lowest BCUT2D eigenvalue weighted by atomic mass is 9.76. The number of imide groups is 1. The van der Waals surface area contributed by atoms with Crippen molar-refractivity contribution in [3.8, 4) is 0 Å². The van der Waals surface area contributed by atoms with Crippen LogP contribution in [-0.4, -0.2) is 46.3 Å². The Morgan fingerprint density at radius 1 is 1.06 bits per heavy atom. The Labute approximate surface area is 197 Å². The molecule has 2 saturated heterocycles. The van der Waals surface area contributed by atoms with Crippen LogP contribution < -0.4 is 10.6 Å². The van der Waals surface area contributed by atoms with Crippen LogP contribution in [-0.2, 0) is 31.1 Å². The number of carbonyl (C=O) groups is 4. The topological polar surface area (TPSA) is 116 Å². The molecule has 3 heterocycles. The zero-order chi connectivity index (χ0) is 24.2. The summed E-state index contributed by atoms with van der Waals surface area (Å²) in [7, 11) is 0.